The molecule has 0 saturated heterocycles. The Hall–Kier alpha value is -2.66. The van der Waals surface area contributed by atoms with Crippen molar-refractivity contribution in [1.82, 2.24) is 9.99 Å². The van der Waals surface area contributed by atoms with Crippen molar-refractivity contribution in [3.05, 3.63) is 94.2 Å². The van der Waals surface area contributed by atoms with Crippen molar-refractivity contribution >= 4 is 21.6 Å². The van der Waals surface area contributed by atoms with Crippen molar-refractivity contribution in [3.63, 3.8) is 0 Å². The van der Waals surface area contributed by atoms with Gasteiger partial charge in [0.05, 0.1) is 11.8 Å². The van der Waals surface area contributed by atoms with Crippen LogP contribution in [-0.4, -0.2) is 15.7 Å². The van der Waals surface area contributed by atoms with Gasteiger partial charge in [-0.1, -0.05) is 52.3 Å². The maximum absolute atomic E-state index is 6.33. The Kier molecular flexibility index (Phi) is 3.75. The zero-order chi connectivity index (χ0) is 17.5. The first kappa shape index (κ1) is 15.6. The van der Waals surface area contributed by atoms with Crippen molar-refractivity contribution in [1.29, 1.82) is 0 Å². The molecular weight excluding hydrogens is 390 g/mol. The fourth-order valence-corrected chi connectivity index (χ4v) is 3.98. The van der Waals surface area contributed by atoms with Crippen LogP contribution in [0.5, 0.6) is 5.75 Å². The SMILES string of the molecule is Brc1ccc2c(c1)[C@@H]1CC(c3ccccc3)=NN1[C@@H](c1cccnc1)O2. The highest BCUT2D eigenvalue weighted by molar-refractivity contribution is 9.10. The maximum atomic E-state index is 6.33. The Bertz CT molecular complexity index is 975. The number of aromatic nitrogens is 1. The Balaban J connectivity index is 1.62. The van der Waals surface area contributed by atoms with Crippen LogP contribution >= 0.6 is 15.9 Å². The van der Waals surface area contributed by atoms with E-state index in [4.69, 9.17) is 9.84 Å². The van der Waals surface area contributed by atoms with Gasteiger partial charge in [0.1, 0.15) is 5.75 Å². The van der Waals surface area contributed by atoms with Gasteiger partial charge in [0, 0.05) is 34.4 Å². The van der Waals surface area contributed by atoms with E-state index in [1.165, 1.54) is 0 Å². The number of ether oxygens (including phenoxy) is 1. The standard InChI is InChI=1S/C21H16BrN3O/c22-16-8-9-20-17(11-16)19-12-18(14-5-2-1-3-6-14)24-25(19)21(26-20)15-7-4-10-23-13-15/h1-11,13,19,21H,12H2/t19-,21+/m0/s1. The molecule has 3 aromatic rings. The summed E-state index contributed by atoms with van der Waals surface area (Å²) in [5.74, 6) is 0.910. The number of pyridine rings is 1. The second-order valence-electron chi connectivity index (χ2n) is 6.45. The van der Waals surface area contributed by atoms with E-state index in [-0.39, 0.29) is 12.3 Å². The highest BCUT2D eigenvalue weighted by atomic mass is 79.9. The number of rotatable bonds is 2. The largest absolute Gasteiger partial charge is 0.464 e. The number of hydrogen-bond donors (Lipinski definition) is 0. The first-order chi connectivity index (χ1) is 12.8. The fraction of sp³-hybridized carbons (Fsp3) is 0.143. The first-order valence-corrected chi connectivity index (χ1v) is 9.36. The van der Waals surface area contributed by atoms with Gasteiger partial charge in [0.15, 0.2) is 0 Å². The minimum absolute atomic E-state index is 0.150. The van der Waals surface area contributed by atoms with E-state index < -0.39 is 0 Å². The number of hydrogen-bond acceptors (Lipinski definition) is 4. The van der Waals surface area contributed by atoms with Crippen LogP contribution in [0.25, 0.3) is 0 Å². The smallest absolute Gasteiger partial charge is 0.215 e. The van der Waals surface area contributed by atoms with Gasteiger partial charge in [0.25, 0.3) is 0 Å². The summed E-state index contributed by atoms with van der Waals surface area (Å²) in [6.07, 6.45) is 4.20. The van der Waals surface area contributed by atoms with E-state index in [9.17, 15) is 0 Å². The van der Waals surface area contributed by atoms with Crippen LogP contribution < -0.4 is 4.74 Å². The van der Waals surface area contributed by atoms with E-state index in [1.807, 2.05) is 36.5 Å². The average molecular weight is 406 g/mol. The third kappa shape index (κ3) is 2.59. The van der Waals surface area contributed by atoms with Gasteiger partial charge in [0.2, 0.25) is 6.23 Å². The topological polar surface area (TPSA) is 37.7 Å². The molecule has 2 aromatic carbocycles. The normalized spacial score (nSPS) is 20.8. The molecule has 1 aromatic heterocycles. The third-order valence-corrected chi connectivity index (χ3v) is 5.32. The van der Waals surface area contributed by atoms with Crippen molar-refractivity contribution in [2.45, 2.75) is 18.7 Å². The monoisotopic (exact) mass is 405 g/mol. The lowest BCUT2D eigenvalue weighted by atomic mass is 9.96. The summed E-state index contributed by atoms with van der Waals surface area (Å²) < 4.78 is 7.38. The molecule has 128 valence electrons. The molecule has 0 unspecified atom stereocenters. The van der Waals surface area contributed by atoms with Crippen LogP contribution in [0.3, 0.4) is 0 Å². The maximum Gasteiger partial charge on any atom is 0.215 e. The molecule has 0 spiro atoms. The van der Waals surface area contributed by atoms with Crippen LogP contribution in [0.15, 0.2) is 82.6 Å². The molecule has 2 aliphatic rings. The van der Waals surface area contributed by atoms with Gasteiger partial charge >= 0.3 is 0 Å². The van der Waals surface area contributed by atoms with Gasteiger partial charge in [-0.2, -0.15) is 5.10 Å². The van der Waals surface area contributed by atoms with Crippen LogP contribution in [0.1, 0.15) is 35.4 Å². The predicted octanol–water partition coefficient (Wildman–Crippen LogP) is 5.09. The molecule has 4 nitrogen and oxygen atoms in total. The highest BCUT2D eigenvalue weighted by Gasteiger charge is 2.41. The van der Waals surface area contributed by atoms with E-state index in [1.54, 1.807) is 6.20 Å². The quantitative estimate of drug-likeness (QED) is 0.595. The molecule has 0 saturated carbocycles. The summed E-state index contributed by atoms with van der Waals surface area (Å²) in [6, 6.07) is 20.6. The van der Waals surface area contributed by atoms with Crippen LogP contribution in [0, 0.1) is 0 Å². The number of fused-ring (bicyclic) bond motifs is 3. The lowest BCUT2D eigenvalue weighted by Gasteiger charge is -2.38. The molecule has 2 atom stereocenters. The van der Waals surface area contributed by atoms with Crippen molar-refractivity contribution in [2.75, 3.05) is 0 Å². The Morgan fingerprint density at radius 2 is 1.92 bits per heavy atom. The molecular formula is C21H16BrN3O. The summed E-state index contributed by atoms with van der Waals surface area (Å²) in [5.41, 5.74) is 4.41. The van der Waals surface area contributed by atoms with E-state index in [2.05, 4.69) is 56.3 Å². The number of halogens is 1. The summed E-state index contributed by atoms with van der Waals surface area (Å²) in [7, 11) is 0. The van der Waals surface area contributed by atoms with Crippen LogP contribution in [0.4, 0.5) is 0 Å². The summed E-state index contributed by atoms with van der Waals surface area (Å²) in [6.45, 7) is 0. The van der Waals surface area contributed by atoms with Crippen molar-refractivity contribution < 1.29 is 4.74 Å². The highest BCUT2D eigenvalue weighted by Crippen LogP contribution is 2.48. The number of benzene rings is 2. The average Bonchev–Trinajstić information content (AvgIpc) is 3.15. The Morgan fingerprint density at radius 3 is 2.73 bits per heavy atom. The molecule has 0 fully saturated rings. The fourth-order valence-electron chi connectivity index (χ4n) is 3.61. The Labute approximate surface area is 160 Å². The number of hydrazone groups is 1. The summed E-state index contributed by atoms with van der Waals surface area (Å²) >= 11 is 3.59. The second-order valence-corrected chi connectivity index (χ2v) is 7.37. The number of nitrogens with zero attached hydrogens (tertiary/aromatic N) is 3. The molecule has 0 radical (unpaired) electrons. The third-order valence-electron chi connectivity index (χ3n) is 4.83. The van der Waals surface area contributed by atoms with Crippen LogP contribution in [-0.2, 0) is 0 Å². The first-order valence-electron chi connectivity index (χ1n) is 8.57. The minimum atomic E-state index is -0.274. The van der Waals surface area contributed by atoms with Gasteiger partial charge in [-0.05, 0) is 29.8 Å². The predicted molar refractivity (Wildman–Crippen MR) is 104 cm³/mol. The Morgan fingerprint density at radius 1 is 1.04 bits per heavy atom. The van der Waals surface area contributed by atoms with Crippen molar-refractivity contribution in [2.24, 2.45) is 5.10 Å². The lowest BCUT2D eigenvalue weighted by molar-refractivity contribution is -0.0192. The minimum Gasteiger partial charge on any atom is -0.464 e. The molecule has 0 N–H and O–H groups in total. The van der Waals surface area contributed by atoms with Gasteiger partial charge in [-0.3, -0.25) is 4.98 Å². The molecule has 0 bridgehead atoms. The van der Waals surface area contributed by atoms with Crippen LogP contribution in [0.2, 0.25) is 0 Å². The van der Waals surface area contributed by atoms with Crippen molar-refractivity contribution in [3.8, 4) is 5.75 Å². The molecule has 2 aliphatic heterocycles. The van der Waals surface area contributed by atoms with Gasteiger partial charge < -0.3 is 4.74 Å². The zero-order valence-electron chi connectivity index (χ0n) is 13.9. The van der Waals surface area contributed by atoms with E-state index >= 15 is 0 Å². The van der Waals surface area contributed by atoms with Gasteiger partial charge in [-0.25, -0.2) is 5.01 Å². The summed E-state index contributed by atoms with van der Waals surface area (Å²) in [4.78, 5) is 4.26. The van der Waals surface area contributed by atoms with E-state index in [0.29, 0.717) is 0 Å². The zero-order valence-corrected chi connectivity index (χ0v) is 15.5. The molecule has 5 rings (SSSR count). The lowest BCUT2D eigenvalue weighted by Crippen LogP contribution is -2.33. The second kappa shape index (κ2) is 6.25. The molecule has 0 amide bonds. The molecule has 26 heavy (non-hydrogen) atoms. The summed E-state index contributed by atoms with van der Waals surface area (Å²) in [5, 5.41) is 7.03. The molecule has 5 heteroatoms. The molecule has 0 aliphatic carbocycles. The van der Waals surface area contributed by atoms with E-state index in [0.717, 1.165) is 39.0 Å². The molecule has 3 heterocycles. The van der Waals surface area contributed by atoms with Gasteiger partial charge in [-0.15, -0.1) is 0 Å².